The third kappa shape index (κ3) is 4.16. The van der Waals surface area contributed by atoms with Crippen molar-refractivity contribution in [1.82, 2.24) is 4.90 Å². The molecule has 0 bridgehead atoms. The Kier molecular flexibility index (Phi) is 4.31. The smallest absolute Gasteiger partial charge is 0.410 e. The first-order valence-electron chi connectivity index (χ1n) is 6.74. The van der Waals surface area contributed by atoms with E-state index in [-0.39, 0.29) is 17.6 Å². The van der Waals surface area contributed by atoms with Gasteiger partial charge in [0.1, 0.15) is 5.60 Å². The summed E-state index contributed by atoms with van der Waals surface area (Å²) < 4.78 is 5.38. The first kappa shape index (κ1) is 15.3. The van der Waals surface area contributed by atoms with E-state index in [0.29, 0.717) is 12.5 Å². The SMILES string of the molecule is CC(C)(C)OC(=O)N1CCC(C(C)(C)C)C(N)C1. The largest absolute Gasteiger partial charge is 0.444 e. The molecule has 0 aromatic carbocycles. The van der Waals surface area contributed by atoms with Gasteiger partial charge in [-0.3, -0.25) is 0 Å². The van der Waals surface area contributed by atoms with Gasteiger partial charge in [-0.2, -0.15) is 0 Å². The standard InChI is InChI=1S/C14H28N2O2/c1-13(2,3)10-7-8-16(9-11(10)15)12(17)18-14(4,5)6/h10-11H,7-9,15H2,1-6H3. The molecule has 0 aromatic rings. The van der Waals surface area contributed by atoms with Gasteiger partial charge in [-0.15, -0.1) is 0 Å². The van der Waals surface area contributed by atoms with Gasteiger partial charge >= 0.3 is 6.09 Å². The fraction of sp³-hybridized carbons (Fsp3) is 0.929. The minimum Gasteiger partial charge on any atom is -0.444 e. The van der Waals surface area contributed by atoms with Crippen LogP contribution in [0.1, 0.15) is 48.0 Å². The number of likely N-dealkylation sites (tertiary alicyclic amines) is 1. The van der Waals surface area contributed by atoms with Crippen molar-refractivity contribution in [3.05, 3.63) is 0 Å². The molecule has 4 nitrogen and oxygen atoms in total. The Labute approximate surface area is 111 Å². The van der Waals surface area contributed by atoms with Crippen LogP contribution < -0.4 is 5.73 Å². The Bertz CT molecular complexity index is 302. The molecule has 1 rings (SSSR count). The van der Waals surface area contributed by atoms with Crippen molar-refractivity contribution in [2.24, 2.45) is 17.1 Å². The van der Waals surface area contributed by atoms with Crippen LogP contribution in [0.3, 0.4) is 0 Å². The quantitative estimate of drug-likeness (QED) is 0.725. The molecule has 0 aliphatic carbocycles. The van der Waals surface area contributed by atoms with Crippen LogP contribution in [0, 0.1) is 11.3 Å². The summed E-state index contributed by atoms with van der Waals surface area (Å²) in [7, 11) is 0. The summed E-state index contributed by atoms with van der Waals surface area (Å²) in [6.45, 7) is 13.6. The van der Waals surface area contributed by atoms with E-state index in [1.165, 1.54) is 0 Å². The minimum atomic E-state index is -0.442. The molecule has 1 aliphatic heterocycles. The number of nitrogens with zero attached hydrogens (tertiary/aromatic N) is 1. The van der Waals surface area contributed by atoms with Crippen LogP contribution in [0.25, 0.3) is 0 Å². The number of rotatable bonds is 0. The number of carbonyl (C=O) groups excluding carboxylic acids is 1. The molecular formula is C14H28N2O2. The van der Waals surface area contributed by atoms with Crippen LogP contribution >= 0.6 is 0 Å². The lowest BCUT2D eigenvalue weighted by Gasteiger charge is -2.43. The molecule has 0 radical (unpaired) electrons. The van der Waals surface area contributed by atoms with E-state index in [1.807, 2.05) is 20.8 Å². The van der Waals surface area contributed by atoms with Crippen molar-refractivity contribution < 1.29 is 9.53 Å². The molecule has 1 heterocycles. The molecule has 0 spiro atoms. The monoisotopic (exact) mass is 256 g/mol. The number of hydrogen-bond donors (Lipinski definition) is 1. The third-order valence-electron chi connectivity index (χ3n) is 3.42. The average molecular weight is 256 g/mol. The van der Waals surface area contributed by atoms with E-state index in [1.54, 1.807) is 4.90 Å². The Morgan fingerprint density at radius 3 is 2.17 bits per heavy atom. The highest BCUT2D eigenvalue weighted by Crippen LogP contribution is 2.34. The first-order chi connectivity index (χ1) is 8.00. The summed E-state index contributed by atoms with van der Waals surface area (Å²) in [6.07, 6.45) is 0.703. The number of ether oxygens (including phenoxy) is 1. The number of piperidine rings is 1. The van der Waals surface area contributed by atoms with Crippen molar-refractivity contribution in [3.63, 3.8) is 0 Å². The Hall–Kier alpha value is -0.770. The number of carbonyl (C=O) groups is 1. The normalized spacial score (nSPS) is 26.1. The average Bonchev–Trinajstić information content (AvgIpc) is 2.12. The number of amides is 1. The molecule has 2 atom stereocenters. The van der Waals surface area contributed by atoms with Crippen molar-refractivity contribution in [2.45, 2.75) is 59.6 Å². The fourth-order valence-corrected chi connectivity index (χ4v) is 2.55. The molecule has 2 unspecified atom stereocenters. The van der Waals surface area contributed by atoms with Gasteiger partial charge in [-0.05, 0) is 38.5 Å². The Balaban J connectivity index is 2.59. The summed E-state index contributed by atoms with van der Waals surface area (Å²) in [5, 5.41) is 0. The zero-order chi connectivity index (χ0) is 14.1. The van der Waals surface area contributed by atoms with Crippen molar-refractivity contribution in [1.29, 1.82) is 0 Å². The summed E-state index contributed by atoms with van der Waals surface area (Å²) in [4.78, 5) is 13.7. The van der Waals surface area contributed by atoms with Gasteiger partial charge < -0.3 is 15.4 Å². The van der Waals surface area contributed by atoms with E-state index >= 15 is 0 Å². The summed E-state index contributed by atoms with van der Waals surface area (Å²) in [5.41, 5.74) is 5.96. The van der Waals surface area contributed by atoms with E-state index in [4.69, 9.17) is 10.5 Å². The third-order valence-corrected chi connectivity index (χ3v) is 3.42. The van der Waals surface area contributed by atoms with Gasteiger partial charge in [-0.1, -0.05) is 20.8 Å². The van der Waals surface area contributed by atoms with Gasteiger partial charge in [-0.25, -0.2) is 4.79 Å². The van der Waals surface area contributed by atoms with Crippen molar-refractivity contribution >= 4 is 6.09 Å². The highest BCUT2D eigenvalue weighted by molar-refractivity contribution is 5.68. The van der Waals surface area contributed by atoms with E-state index in [0.717, 1.165) is 13.0 Å². The fourth-order valence-electron chi connectivity index (χ4n) is 2.55. The second-order valence-corrected chi connectivity index (χ2v) is 7.35. The molecule has 4 heteroatoms. The zero-order valence-corrected chi connectivity index (χ0v) is 12.6. The highest BCUT2D eigenvalue weighted by atomic mass is 16.6. The second-order valence-electron chi connectivity index (χ2n) is 7.35. The Morgan fingerprint density at radius 1 is 1.22 bits per heavy atom. The van der Waals surface area contributed by atoms with Gasteiger partial charge in [0, 0.05) is 19.1 Å². The van der Waals surface area contributed by atoms with Crippen LogP contribution in [-0.2, 0) is 4.74 Å². The van der Waals surface area contributed by atoms with Crippen molar-refractivity contribution in [2.75, 3.05) is 13.1 Å². The van der Waals surface area contributed by atoms with Gasteiger partial charge in [0.15, 0.2) is 0 Å². The minimum absolute atomic E-state index is 0.0336. The molecule has 2 N–H and O–H groups in total. The van der Waals surface area contributed by atoms with Gasteiger partial charge in [0.2, 0.25) is 0 Å². The summed E-state index contributed by atoms with van der Waals surface area (Å²) >= 11 is 0. The van der Waals surface area contributed by atoms with E-state index in [9.17, 15) is 4.79 Å². The van der Waals surface area contributed by atoms with Gasteiger partial charge in [0.25, 0.3) is 0 Å². The van der Waals surface area contributed by atoms with Crippen LogP contribution in [0.15, 0.2) is 0 Å². The summed E-state index contributed by atoms with van der Waals surface area (Å²) in [5.74, 6) is 0.455. The van der Waals surface area contributed by atoms with E-state index in [2.05, 4.69) is 20.8 Å². The lowest BCUT2D eigenvalue weighted by atomic mass is 9.73. The maximum Gasteiger partial charge on any atom is 0.410 e. The van der Waals surface area contributed by atoms with E-state index < -0.39 is 5.60 Å². The number of hydrogen-bond acceptors (Lipinski definition) is 3. The molecule has 1 fully saturated rings. The predicted octanol–water partition coefficient (Wildman–Crippen LogP) is 2.62. The summed E-state index contributed by atoms with van der Waals surface area (Å²) in [6, 6.07) is 0.0336. The van der Waals surface area contributed by atoms with Crippen LogP contribution in [0.4, 0.5) is 4.79 Å². The zero-order valence-electron chi connectivity index (χ0n) is 12.6. The molecule has 18 heavy (non-hydrogen) atoms. The molecular weight excluding hydrogens is 228 g/mol. The second kappa shape index (κ2) is 5.08. The first-order valence-corrected chi connectivity index (χ1v) is 6.74. The van der Waals surface area contributed by atoms with Crippen LogP contribution in [0.2, 0.25) is 0 Å². The molecule has 1 saturated heterocycles. The highest BCUT2D eigenvalue weighted by Gasteiger charge is 2.37. The topological polar surface area (TPSA) is 55.6 Å². The lowest BCUT2D eigenvalue weighted by molar-refractivity contribution is 0.00866. The van der Waals surface area contributed by atoms with Crippen LogP contribution in [-0.4, -0.2) is 35.7 Å². The molecule has 0 saturated carbocycles. The molecule has 0 aromatic heterocycles. The van der Waals surface area contributed by atoms with Crippen LogP contribution in [0.5, 0.6) is 0 Å². The number of nitrogens with two attached hydrogens (primary N) is 1. The molecule has 1 aliphatic rings. The molecule has 106 valence electrons. The Morgan fingerprint density at radius 2 is 1.78 bits per heavy atom. The maximum atomic E-state index is 12.0. The lowest BCUT2D eigenvalue weighted by Crippen LogP contribution is -2.54. The molecule has 1 amide bonds. The van der Waals surface area contributed by atoms with Crippen molar-refractivity contribution in [3.8, 4) is 0 Å². The predicted molar refractivity (Wildman–Crippen MR) is 73.3 cm³/mol. The maximum absolute atomic E-state index is 12.0. The van der Waals surface area contributed by atoms with Gasteiger partial charge in [0.05, 0.1) is 0 Å².